The number of alkyl halides is 3. The second-order valence-electron chi connectivity index (χ2n) is 5.41. The van der Waals surface area contributed by atoms with Crippen molar-refractivity contribution in [3.63, 3.8) is 0 Å². The highest BCUT2D eigenvalue weighted by molar-refractivity contribution is 7.88. The third-order valence-electron chi connectivity index (χ3n) is 2.56. The molecule has 0 saturated carbocycles. The molecule has 0 saturated heterocycles. The van der Waals surface area contributed by atoms with E-state index < -0.39 is 27.3 Å². The highest BCUT2D eigenvalue weighted by atomic mass is 32.2. The Morgan fingerprint density at radius 2 is 1.81 bits per heavy atom. The minimum atomic E-state index is -4.45. The van der Waals surface area contributed by atoms with Gasteiger partial charge in [-0.3, -0.25) is 0 Å². The van der Waals surface area contributed by atoms with E-state index >= 15 is 0 Å². The van der Waals surface area contributed by atoms with Crippen molar-refractivity contribution in [2.45, 2.75) is 25.6 Å². The van der Waals surface area contributed by atoms with Gasteiger partial charge in [0.2, 0.25) is 10.0 Å². The Kier molecular flexibility index (Phi) is 4.79. The molecule has 1 aromatic carbocycles. The number of hydrogen-bond acceptors (Lipinski definition) is 4. The maximum atomic E-state index is 12.5. The summed E-state index contributed by atoms with van der Waals surface area (Å²) < 4.78 is 62.3. The second-order valence-corrected chi connectivity index (χ2v) is 7.16. The molecular weight excluding hydrogens is 307 g/mol. The maximum absolute atomic E-state index is 12.5. The van der Waals surface area contributed by atoms with Crippen molar-refractivity contribution in [1.82, 2.24) is 4.72 Å². The van der Waals surface area contributed by atoms with Crippen LogP contribution in [0.2, 0.25) is 0 Å². The van der Waals surface area contributed by atoms with E-state index in [1.54, 1.807) is 13.8 Å². The maximum Gasteiger partial charge on any atom is 0.416 e. The molecule has 0 aliphatic carbocycles. The van der Waals surface area contributed by atoms with E-state index in [-0.39, 0.29) is 12.2 Å². The van der Waals surface area contributed by atoms with Gasteiger partial charge in [-0.2, -0.15) is 13.2 Å². The third-order valence-corrected chi connectivity index (χ3v) is 3.48. The first-order valence-corrected chi connectivity index (χ1v) is 7.89. The molecule has 5 nitrogen and oxygen atoms in total. The van der Waals surface area contributed by atoms with E-state index in [4.69, 9.17) is 5.73 Å². The number of sulfonamides is 1. The highest BCUT2D eigenvalue weighted by Crippen LogP contribution is 2.32. The quantitative estimate of drug-likeness (QED) is 0.723. The van der Waals surface area contributed by atoms with Crippen molar-refractivity contribution in [2.24, 2.45) is 0 Å². The Balaban J connectivity index is 2.81. The molecule has 0 aliphatic heterocycles. The molecule has 0 unspecified atom stereocenters. The highest BCUT2D eigenvalue weighted by Gasteiger charge is 2.31. The fraction of sp³-hybridized carbons (Fsp3) is 0.500. The summed E-state index contributed by atoms with van der Waals surface area (Å²) in [5.74, 6) is 0. The molecule has 21 heavy (non-hydrogen) atoms. The van der Waals surface area contributed by atoms with Crippen LogP contribution in [0.3, 0.4) is 0 Å². The van der Waals surface area contributed by atoms with E-state index in [1.807, 2.05) is 0 Å². The Hall–Kier alpha value is -1.48. The Morgan fingerprint density at radius 3 is 2.24 bits per heavy atom. The molecule has 1 rings (SSSR count). The van der Waals surface area contributed by atoms with Gasteiger partial charge < -0.3 is 11.1 Å². The predicted molar refractivity (Wildman–Crippen MR) is 76.4 cm³/mol. The molecule has 0 aliphatic rings. The van der Waals surface area contributed by atoms with E-state index in [2.05, 4.69) is 10.0 Å². The lowest BCUT2D eigenvalue weighted by Gasteiger charge is -2.26. The van der Waals surface area contributed by atoms with Gasteiger partial charge in [0, 0.05) is 12.1 Å². The van der Waals surface area contributed by atoms with Crippen LogP contribution in [-0.4, -0.2) is 26.8 Å². The van der Waals surface area contributed by atoms with Crippen LogP contribution in [0.25, 0.3) is 0 Å². The van der Waals surface area contributed by atoms with Crippen LogP contribution in [0, 0.1) is 0 Å². The fourth-order valence-electron chi connectivity index (χ4n) is 1.75. The van der Waals surface area contributed by atoms with Crippen LogP contribution in [0.4, 0.5) is 24.5 Å². The molecule has 0 fully saturated rings. The van der Waals surface area contributed by atoms with Gasteiger partial charge in [-0.25, -0.2) is 13.1 Å². The molecule has 0 bridgehead atoms. The number of nitrogens with two attached hydrogens (primary N) is 1. The van der Waals surface area contributed by atoms with Crippen LogP contribution in [0.5, 0.6) is 0 Å². The van der Waals surface area contributed by atoms with Crippen LogP contribution in [-0.2, 0) is 16.2 Å². The lowest BCUT2D eigenvalue weighted by Crippen LogP contribution is -2.47. The number of rotatable bonds is 5. The van der Waals surface area contributed by atoms with Gasteiger partial charge >= 0.3 is 6.18 Å². The molecule has 4 N–H and O–H groups in total. The minimum absolute atomic E-state index is 0.0556. The average molecular weight is 325 g/mol. The topological polar surface area (TPSA) is 84.2 Å². The summed E-state index contributed by atoms with van der Waals surface area (Å²) >= 11 is 0. The monoisotopic (exact) mass is 325 g/mol. The van der Waals surface area contributed by atoms with Crippen molar-refractivity contribution in [3.8, 4) is 0 Å². The summed E-state index contributed by atoms with van der Waals surface area (Å²) in [5, 5.41) is 2.84. The molecule has 1 aromatic rings. The summed E-state index contributed by atoms with van der Waals surface area (Å²) in [7, 11) is -3.39. The van der Waals surface area contributed by atoms with Gasteiger partial charge in [0.15, 0.2) is 0 Å². The van der Waals surface area contributed by atoms with Gasteiger partial charge in [0.25, 0.3) is 0 Å². The molecule has 0 aromatic heterocycles. The standard InChI is InChI=1S/C12H18F3N3O2S/c1-11(2,18-21(3,19)20)7-17-10-5-4-8(6-9(10)16)12(13,14)15/h4-6,17-18H,7,16H2,1-3H3. The molecule has 0 radical (unpaired) electrons. The van der Waals surface area contributed by atoms with Gasteiger partial charge in [-0.05, 0) is 32.0 Å². The number of anilines is 2. The Bertz CT molecular complexity index is 613. The number of hydrogen-bond donors (Lipinski definition) is 3. The predicted octanol–water partition coefficient (Wildman–Crippen LogP) is 2.03. The lowest BCUT2D eigenvalue weighted by molar-refractivity contribution is -0.137. The smallest absolute Gasteiger partial charge is 0.397 e. The average Bonchev–Trinajstić information content (AvgIpc) is 2.22. The van der Waals surface area contributed by atoms with Crippen molar-refractivity contribution in [1.29, 1.82) is 0 Å². The van der Waals surface area contributed by atoms with Crippen LogP contribution in [0.1, 0.15) is 19.4 Å². The van der Waals surface area contributed by atoms with Crippen molar-refractivity contribution >= 4 is 21.4 Å². The molecule has 0 spiro atoms. The number of benzene rings is 1. The zero-order valence-electron chi connectivity index (χ0n) is 11.9. The second kappa shape index (κ2) is 5.72. The molecule has 0 amide bonds. The molecule has 0 atom stereocenters. The van der Waals surface area contributed by atoms with Gasteiger partial charge in [0.05, 0.1) is 23.2 Å². The first kappa shape index (κ1) is 17.6. The normalized spacial score (nSPS) is 13.2. The summed E-state index contributed by atoms with van der Waals surface area (Å²) in [6, 6.07) is 2.96. The van der Waals surface area contributed by atoms with Crippen LogP contribution < -0.4 is 15.8 Å². The van der Waals surface area contributed by atoms with Crippen molar-refractivity contribution < 1.29 is 21.6 Å². The van der Waals surface area contributed by atoms with E-state index in [9.17, 15) is 21.6 Å². The number of nitrogen functional groups attached to an aromatic ring is 1. The Labute approximate surface area is 121 Å². The van der Waals surface area contributed by atoms with Crippen LogP contribution >= 0.6 is 0 Å². The molecule has 0 heterocycles. The van der Waals surface area contributed by atoms with Gasteiger partial charge in [-0.1, -0.05) is 0 Å². The number of halogens is 3. The van der Waals surface area contributed by atoms with E-state index in [1.165, 1.54) is 6.07 Å². The van der Waals surface area contributed by atoms with Gasteiger partial charge in [0.1, 0.15) is 0 Å². The zero-order chi connectivity index (χ0) is 16.5. The largest absolute Gasteiger partial charge is 0.416 e. The molecule has 120 valence electrons. The minimum Gasteiger partial charge on any atom is -0.397 e. The molecule has 9 heteroatoms. The van der Waals surface area contributed by atoms with Crippen molar-refractivity contribution in [2.75, 3.05) is 23.9 Å². The summed E-state index contributed by atoms with van der Waals surface area (Å²) in [5.41, 5.74) is 4.18. The third kappa shape index (κ3) is 5.80. The lowest BCUT2D eigenvalue weighted by atomic mass is 10.1. The summed E-state index contributed by atoms with van der Waals surface area (Å²) in [6.45, 7) is 3.44. The zero-order valence-corrected chi connectivity index (χ0v) is 12.7. The van der Waals surface area contributed by atoms with Crippen molar-refractivity contribution in [3.05, 3.63) is 23.8 Å². The number of nitrogens with one attached hydrogen (secondary N) is 2. The summed E-state index contributed by atoms with van der Waals surface area (Å²) in [4.78, 5) is 0. The Morgan fingerprint density at radius 1 is 1.24 bits per heavy atom. The fourth-order valence-corrected chi connectivity index (χ4v) is 2.83. The van der Waals surface area contributed by atoms with Crippen LogP contribution in [0.15, 0.2) is 18.2 Å². The molecular formula is C12H18F3N3O2S. The first-order chi connectivity index (χ1) is 9.30. The van der Waals surface area contributed by atoms with E-state index in [0.717, 1.165) is 18.4 Å². The van der Waals surface area contributed by atoms with E-state index in [0.29, 0.717) is 5.69 Å². The summed E-state index contributed by atoms with van der Waals surface area (Å²) in [6.07, 6.45) is -3.43. The van der Waals surface area contributed by atoms with Gasteiger partial charge in [-0.15, -0.1) is 0 Å². The first-order valence-electron chi connectivity index (χ1n) is 6.00. The SMILES string of the molecule is CC(C)(CNc1ccc(C(F)(F)F)cc1N)NS(C)(=O)=O.